The molecule has 1 aliphatic rings. The van der Waals surface area contributed by atoms with E-state index in [1.807, 2.05) is 0 Å². The largest absolute Gasteiger partial charge is 0.493 e. The molecule has 1 aromatic rings. The van der Waals surface area contributed by atoms with E-state index in [1.165, 1.54) is 0 Å². The number of carbonyl (C=O) groups is 2. The molecule has 25 heavy (non-hydrogen) atoms. The van der Waals surface area contributed by atoms with Crippen molar-refractivity contribution in [3.63, 3.8) is 0 Å². The summed E-state index contributed by atoms with van der Waals surface area (Å²) >= 11 is 0. The lowest BCUT2D eigenvalue weighted by atomic mass is 10.2. The molecular weight excluding hydrogens is 366 g/mol. The van der Waals surface area contributed by atoms with E-state index in [0.717, 1.165) is 0 Å². The minimum Gasteiger partial charge on any atom is -0.387 e. The van der Waals surface area contributed by atoms with Crippen LogP contribution in [0.1, 0.15) is 18.0 Å². The summed E-state index contributed by atoms with van der Waals surface area (Å²) in [6.45, 7) is 0. The minimum atomic E-state index is -5.45. The molecule has 138 valence electrons. The van der Waals surface area contributed by atoms with E-state index in [2.05, 4.69) is 14.6 Å². The minimum absolute atomic E-state index is 0.135. The lowest BCUT2D eigenvalue weighted by molar-refractivity contribution is -0.202. The van der Waals surface area contributed by atoms with Gasteiger partial charge < -0.3 is 15.3 Å². The molecule has 2 unspecified atom stereocenters. The molecule has 2 atom stereocenters. The molecule has 0 amide bonds. The van der Waals surface area contributed by atoms with Crippen LogP contribution in [0.15, 0.2) is 6.20 Å². The maximum atomic E-state index is 12.2. The molecule has 2 rings (SSSR count). The van der Waals surface area contributed by atoms with Gasteiger partial charge in [0.1, 0.15) is 0 Å². The Morgan fingerprint density at radius 3 is 2.20 bits per heavy atom. The number of halogens is 6. The second-order valence-corrected chi connectivity index (χ2v) is 4.94. The molecule has 1 aromatic heterocycles. The first-order valence-electron chi connectivity index (χ1n) is 6.32. The van der Waals surface area contributed by atoms with Gasteiger partial charge in [-0.15, -0.1) is 4.73 Å². The molecule has 8 nitrogen and oxygen atoms in total. The van der Waals surface area contributed by atoms with Crippen molar-refractivity contribution in [3.8, 4) is 6.01 Å². The zero-order valence-corrected chi connectivity index (χ0v) is 11.8. The van der Waals surface area contributed by atoms with Crippen LogP contribution in [0.25, 0.3) is 0 Å². The van der Waals surface area contributed by atoms with Gasteiger partial charge >= 0.3 is 30.3 Å². The second kappa shape index (κ2) is 5.93. The Morgan fingerprint density at radius 2 is 1.76 bits per heavy atom. The summed E-state index contributed by atoms with van der Waals surface area (Å²) in [6.07, 6.45) is -9.99. The summed E-state index contributed by atoms with van der Waals surface area (Å²) in [5, 5.41) is 7.22. The molecule has 1 heterocycles. The topological polar surface area (TPSA) is 120 Å². The predicted octanol–water partition coefficient (Wildman–Crippen LogP) is 0.908. The smallest absolute Gasteiger partial charge is 0.387 e. The van der Waals surface area contributed by atoms with E-state index < -0.39 is 42.1 Å². The molecular formula is C11H8F6N4O4. The van der Waals surface area contributed by atoms with Crippen molar-refractivity contribution in [2.24, 2.45) is 11.7 Å². The number of nitrogens with one attached hydrogen (secondary N) is 1. The van der Waals surface area contributed by atoms with Crippen molar-refractivity contribution in [1.82, 2.24) is 9.71 Å². The number of esters is 1. The van der Waals surface area contributed by atoms with Crippen molar-refractivity contribution in [3.05, 3.63) is 11.9 Å². The highest BCUT2D eigenvalue weighted by atomic mass is 19.4. The number of alkyl halides is 6. The third-order valence-electron chi connectivity index (χ3n) is 3.06. The Bertz CT molecular complexity index is 680. The first kappa shape index (κ1) is 18.5. The van der Waals surface area contributed by atoms with Crippen LogP contribution in [-0.4, -0.2) is 39.8 Å². The van der Waals surface area contributed by atoms with Gasteiger partial charge in [0.15, 0.2) is 0 Å². The third kappa shape index (κ3) is 4.19. The fourth-order valence-corrected chi connectivity index (χ4v) is 1.82. The van der Waals surface area contributed by atoms with E-state index in [0.29, 0.717) is 6.20 Å². The summed E-state index contributed by atoms with van der Waals surface area (Å²) < 4.78 is 77.0. The lowest BCUT2D eigenvalue weighted by Gasteiger charge is -2.09. The summed E-state index contributed by atoms with van der Waals surface area (Å²) in [5.41, 5.74) is 5.07. The number of aromatic nitrogens is 2. The Labute approximate surface area is 134 Å². The molecule has 1 saturated carbocycles. The van der Waals surface area contributed by atoms with Crippen LogP contribution in [0.3, 0.4) is 0 Å². The van der Waals surface area contributed by atoms with Crippen molar-refractivity contribution < 1.29 is 45.5 Å². The monoisotopic (exact) mass is 374 g/mol. The molecule has 0 aliphatic heterocycles. The number of carbonyl (C=O) groups excluding carboxylic acids is 2. The molecule has 0 aromatic carbocycles. The van der Waals surface area contributed by atoms with Gasteiger partial charge in [0, 0.05) is 11.8 Å². The van der Waals surface area contributed by atoms with Gasteiger partial charge in [-0.1, -0.05) is 0 Å². The molecule has 0 radical (unpaired) electrons. The third-order valence-corrected chi connectivity index (χ3v) is 3.06. The zero-order chi connectivity index (χ0) is 19.2. The first-order valence-corrected chi connectivity index (χ1v) is 6.32. The standard InChI is InChI=1S/C11H8F6N4O4/c12-10(13,14)7(22)24-9-20-5(3-1-4(3)6(18)19)2-21(9)25-8(23)11(15,16)17/h2-4H,1H2,(H3,18,19). The average molecular weight is 374 g/mol. The van der Waals surface area contributed by atoms with Crippen LogP contribution in [0.2, 0.25) is 0 Å². The van der Waals surface area contributed by atoms with Crippen LogP contribution in [0.4, 0.5) is 26.3 Å². The predicted molar refractivity (Wildman–Crippen MR) is 64.3 cm³/mol. The fraction of sp³-hybridized carbons (Fsp3) is 0.455. The number of amidine groups is 1. The van der Waals surface area contributed by atoms with Crippen molar-refractivity contribution >= 4 is 17.8 Å². The maximum absolute atomic E-state index is 12.2. The average Bonchev–Trinajstić information content (AvgIpc) is 3.15. The van der Waals surface area contributed by atoms with Crippen LogP contribution in [0.5, 0.6) is 6.01 Å². The quantitative estimate of drug-likeness (QED) is 0.350. The number of imidazole rings is 1. The van der Waals surface area contributed by atoms with Gasteiger partial charge in [-0.05, 0) is 6.42 Å². The number of rotatable bonds is 4. The Kier molecular flexibility index (Phi) is 4.40. The van der Waals surface area contributed by atoms with Crippen LogP contribution in [-0.2, 0) is 9.59 Å². The highest BCUT2D eigenvalue weighted by Gasteiger charge is 2.47. The maximum Gasteiger partial charge on any atom is 0.493 e. The van der Waals surface area contributed by atoms with Gasteiger partial charge in [-0.25, -0.2) is 9.59 Å². The van der Waals surface area contributed by atoms with E-state index in [9.17, 15) is 35.9 Å². The van der Waals surface area contributed by atoms with Gasteiger partial charge in [-0.3, -0.25) is 5.41 Å². The zero-order valence-electron chi connectivity index (χ0n) is 11.8. The van der Waals surface area contributed by atoms with E-state index in [1.54, 1.807) is 0 Å². The summed E-state index contributed by atoms with van der Waals surface area (Å²) in [6, 6.07) is -1.32. The highest BCUT2D eigenvalue weighted by molar-refractivity contribution is 5.83. The number of nitrogens with two attached hydrogens (primary N) is 1. The number of hydrogen-bond donors (Lipinski definition) is 2. The Morgan fingerprint density at radius 1 is 1.20 bits per heavy atom. The second-order valence-electron chi connectivity index (χ2n) is 4.94. The lowest BCUT2D eigenvalue weighted by Crippen LogP contribution is -2.34. The molecule has 1 aliphatic carbocycles. The summed E-state index contributed by atoms with van der Waals surface area (Å²) in [5.74, 6) is -6.91. The van der Waals surface area contributed by atoms with Crippen LogP contribution < -0.4 is 15.3 Å². The Balaban J connectivity index is 2.28. The van der Waals surface area contributed by atoms with E-state index in [-0.39, 0.29) is 22.7 Å². The van der Waals surface area contributed by atoms with Gasteiger partial charge in [0.2, 0.25) is 0 Å². The molecule has 0 saturated heterocycles. The van der Waals surface area contributed by atoms with Crippen molar-refractivity contribution in [2.45, 2.75) is 24.7 Å². The number of nitrogens with zero attached hydrogens (tertiary/aromatic N) is 2. The fourth-order valence-electron chi connectivity index (χ4n) is 1.82. The molecule has 3 N–H and O–H groups in total. The van der Waals surface area contributed by atoms with Gasteiger partial charge in [0.25, 0.3) is 0 Å². The first-order chi connectivity index (χ1) is 11.3. The molecule has 14 heteroatoms. The normalized spacial score (nSPS) is 20.1. The van der Waals surface area contributed by atoms with E-state index in [4.69, 9.17) is 11.1 Å². The molecule has 0 spiro atoms. The SMILES string of the molecule is N=C(N)C1CC1c1cn(OC(=O)C(F)(F)F)c(OC(=O)C(F)(F)F)n1. The number of hydrogen-bond acceptors (Lipinski definition) is 6. The molecule has 1 fully saturated rings. The van der Waals surface area contributed by atoms with E-state index >= 15 is 0 Å². The Hall–Kier alpha value is -2.80. The van der Waals surface area contributed by atoms with Crippen molar-refractivity contribution in [1.29, 1.82) is 5.41 Å². The van der Waals surface area contributed by atoms with Crippen LogP contribution in [0, 0.1) is 11.3 Å². The van der Waals surface area contributed by atoms with Crippen LogP contribution >= 0.6 is 0 Å². The van der Waals surface area contributed by atoms with Gasteiger partial charge in [0.05, 0.1) is 17.7 Å². The number of ether oxygens (including phenoxy) is 1. The summed E-state index contributed by atoms with van der Waals surface area (Å²) in [4.78, 5) is 28.9. The van der Waals surface area contributed by atoms with Gasteiger partial charge in [-0.2, -0.15) is 31.3 Å². The van der Waals surface area contributed by atoms with Crippen molar-refractivity contribution in [2.75, 3.05) is 0 Å². The molecule has 0 bridgehead atoms. The highest BCUT2D eigenvalue weighted by Crippen LogP contribution is 2.47. The summed E-state index contributed by atoms with van der Waals surface area (Å²) in [7, 11) is 0.